The molecule has 0 bridgehead atoms. The lowest BCUT2D eigenvalue weighted by atomic mass is 10.2. The van der Waals surface area contributed by atoms with Gasteiger partial charge in [-0.15, -0.1) is 23.7 Å². The van der Waals surface area contributed by atoms with Gasteiger partial charge < -0.3 is 10.3 Å². The summed E-state index contributed by atoms with van der Waals surface area (Å²) < 4.78 is 19.0. The van der Waals surface area contributed by atoms with E-state index in [1.165, 1.54) is 6.07 Å². The van der Waals surface area contributed by atoms with Gasteiger partial charge in [0.2, 0.25) is 5.89 Å². The van der Waals surface area contributed by atoms with Crippen molar-refractivity contribution in [2.75, 3.05) is 0 Å². The summed E-state index contributed by atoms with van der Waals surface area (Å²) in [6, 6.07) is 11.2. The first-order valence-electron chi connectivity index (χ1n) is 8.16. The van der Waals surface area contributed by atoms with Crippen molar-refractivity contribution in [2.45, 2.75) is 39.5 Å². The van der Waals surface area contributed by atoms with Crippen LogP contribution >= 0.6 is 23.7 Å². The van der Waals surface area contributed by atoms with Crippen LogP contribution in [0.4, 0.5) is 4.39 Å². The summed E-state index contributed by atoms with van der Waals surface area (Å²) >= 11 is 1.60. The van der Waals surface area contributed by atoms with E-state index in [2.05, 4.69) is 28.9 Å². The minimum atomic E-state index is -0.197. The Morgan fingerprint density at radius 3 is 2.62 bits per heavy atom. The number of rotatable bonds is 7. The van der Waals surface area contributed by atoms with Crippen molar-refractivity contribution in [2.24, 2.45) is 5.73 Å². The molecule has 0 aliphatic rings. The summed E-state index contributed by atoms with van der Waals surface area (Å²) in [6.45, 7) is 5.80. The van der Waals surface area contributed by atoms with Gasteiger partial charge in [0.25, 0.3) is 0 Å². The Balaban J connectivity index is 0.00000243. The number of hydrogen-bond acceptors (Lipinski definition) is 6. The van der Waals surface area contributed by atoms with Gasteiger partial charge in [0.1, 0.15) is 5.82 Å². The van der Waals surface area contributed by atoms with Crippen molar-refractivity contribution in [1.82, 2.24) is 15.0 Å². The molecular weight excluding hydrogens is 375 g/mol. The molecule has 0 spiro atoms. The minimum Gasteiger partial charge on any atom is -0.338 e. The normalized spacial score (nSPS) is 11.2. The lowest BCUT2D eigenvalue weighted by Gasteiger charge is -2.24. The summed E-state index contributed by atoms with van der Waals surface area (Å²) in [5.41, 5.74) is 6.15. The molecule has 0 atom stereocenters. The first-order chi connectivity index (χ1) is 12.1. The second-order valence-corrected chi connectivity index (χ2v) is 7.22. The minimum absolute atomic E-state index is 0. The van der Waals surface area contributed by atoms with Crippen LogP contribution in [-0.4, -0.2) is 21.1 Å². The smallest absolute Gasteiger partial charge is 0.240 e. The van der Waals surface area contributed by atoms with E-state index >= 15 is 0 Å². The Kier molecular flexibility index (Phi) is 7.28. The molecule has 140 valence electrons. The van der Waals surface area contributed by atoms with Crippen LogP contribution < -0.4 is 5.73 Å². The molecule has 0 unspecified atom stereocenters. The third kappa shape index (κ3) is 4.88. The van der Waals surface area contributed by atoms with E-state index < -0.39 is 0 Å². The molecule has 0 aliphatic carbocycles. The standard InChI is InChI=1S/C18H21FN4OS.ClH/c1-12(2)23(11-17-21-18(9-20)24-22-17)10-13-7-8-16(25-13)14-5-3-4-6-15(14)19;/h3-8,12H,9-11,20H2,1-2H3;1H. The second-order valence-electron chi connectivity index (χ2n) is 6.05. The largest absolute Gasteiger partial charge is 0.338 e. The van der Waals surface area contributed by atoms with Crippen LogP contribution in [0.1, 0.15) is 30.4 Å². The molecule has 0 saturated heterocycles. The van der Waals surface area contributed by atoms with Crippen LogP contribution in [0.2, 0.25) is 0 Å². The van der Waals surface area contributed by atoms with Gasteiger partial charge in [-0.1, -0.05) is 23.4 Å². The highest BCUT2D eigenvalue weighted by Crippen LogP contribution is 2.31. The molecule has 8 heteroatoms. The number of benzene rings is 1. The third-order valence-corrected chi connectivity index (χ3v) is 5.02. The molecule has 0 amide bonds. The summed E-state index contributed by atoms with van der Waals surface area (Å²) in [6.07, 6.45) is 0. The molecule has 2 aromatic heterocycles. The van der Waals surface area contributed by atoms with E-state index in [4.69, 9.17) is 10.3 Å². The topological polar surface area (TPSA) is 68.2 Å². The first kappa shape index (κ1) is 20.5. The molecule has 3 aromatic rings. The zero-order valence-electron chi connectivity index (χ0n) is 14.7. The Bertz CT molecular complexity index is 836. The van der Waals surface area contributed by atoms with Crippen LogP contribution in [0, 0.1) is 5.82 Å². The highest BCUT2D eigenvalue weighted by atomic mass is 35.5. The summed E-state index contributed by atoms with van der Waals surface area (Å²) in [4.78, 5) is 8.60. The highest BCUT2D eigenvalue weighted by Gasteiger charge is 2.16. The van der Waals surface area contributed by atoms with Crippen molar-refractivity contribution in [3.63, 3.8) is 0 Å². The predicted molar refractivity (Wildman–Crippen MR) is 104 cm³/mol. The summed E-state index contributed by atoms with van der Waals surface area (Å²) in [7, 11) is 0. The predicted octanol–water partition coefficient (Wildman–Crippen LogP) is 4.23. The number of aromatic nitrogens is 2. The van der Waals surface area contributed by atoms with Crippen molar-refractivity contribution in [3.05, 3.63) is 58.8 Å². The average Bonchev–Trinajstić information content (AvgIpc) is 3.24. The van der Waals surface area contributed by atoms with Gasteiger partial charge in [-0.05, 0) is 32.0 Å². The number of hydrogen-bond donors (Lipinski definition) is 1. The molecule has 0 saturated carbocycles. The Hall–Kier alpha value is -1.80. The van der Waals surface area contributed by atoms with Gasteiger partial charge >= 0.3 is 0 Å². The van der Waals surface area contributed by atoms with Crippen LogP contribution in [0.3, 0.4) is 0 Å². The number of halogens is 2. The quantitative estimate of drug-likeness (QED) is 0.647. The van der Waals surface area contributed by atoms with Crippen LogP contribution in [-0.2, 0) is 19.6 Å². The van der Waals surface area contributed by atoms with E-state index in [0.717, 1.165) is 16.3 Å². The second kappa shape index (κ2) is 9.23. The molecule has 2 heterocycles. The van der Waals surface area contributed by atoms with Crippen molar-refractivity contribution < 1.29 is 8.91 Å². The van der Waals surface area contributed by atoms with Crippen molar-refractivity contribution in [1.29, 1.82) is 0 Å². The SMILES string of the molecule is CC(C)N(Cc1noc(CN)n1)Cc1ccc(-c2ccccc2F)s1.Cl. The molecule has 0 aliphatic heterocycles. The highest BCUT2D eigenvalue weighted by molar-refractivity contribution is 7.15. The molecule has 0 radical (unpaired) electrons. The lowest BCUT2D eigenvalue weighted by Crippen LogP contribution is -2.30. The molecular formula is C18H22ClFN4OS. The van der Waals surface area contributed by atoms with Crippen LogP contribution in [0.25, 0.3) is 10.4 Å². The number of nitrogens with two attached hydrogens (primary N) is 1. The van der Waals surface area contributed by atoms with Gasteiger partial charge in [0.15, 0.2) is 5.82 Å². The van der Waals surface area contributed by atoms with Crippen LogP contribution in [0.15, 0.2) is 40.9 Å². The number of thiophene rings is 1. The fraction of sp³-hybridized carbons (Fsp3) is 0.333. The van der Waals surface area contributed by atoms with Gasteiger partial charge in [-0.25, -0.2) is 4.39 Å². The molecule has 26 heavy (non-hydrogen) atoms. The van der Waals surface area contributed by atoms with Gasteiger partial charge in [0, 0.05) is 27.9 Å². The average molecular weight is 397 g/mol. The lowest BCUT2D eigenvalue weighted by molar-refractivity contribution is 0.197. The maximum absolute atomic E-state index is 14.0. The Labute approximate surface area is 162 Å². The number of nitrogens with zero attached hydrogens (tertiary/aromatic N) is 3. The fourth-order valence-corrected chi connectivity index (χ4v) is 3.57. The van der Waals surface area contributed by atoms with E-state index in [9.17, 15) is 4.39 Å². The molecule has 1 aromatic carbocycles. The van der Waals surface area contributed by atoms with Crippen molar-refractivity contribution in [3.8, 4) is 10.4 Å². The summed E-state index contributed by atoms with van der Waals surface area (Å²) in [5, 5.41) is 3.96. The monoisotopic (exact) mass is 396 g/mol. The molecule has 0 fully saturated rings. The maximum atomic E-state index is 14.0. The Morgan fingerprint density at radius 2 is 1.96 bits per heavy atom. The maximum Gasteiger partial charge on any atom is 0.240 e. The Morgan fingerprint density at radius 1 is 1.19 bits per heavy atom. The van der Waals surface area contributed by atoms with E-state index in [1.54, 1.807) is 23.5 Å². The third-order valence-electron chi connectivity index (χ3n) is 3.92. The zero-order valence-corrected chi connectivity index (χ0v) is 16.3. The summed E-state index contributed by atoms with van der Waals surface area (Å²) in [5.74, 6) is 0.870. The molecule has 2 N–H and O–H groups in total. The molecule has 3 rings (SSSR count). The van der Waals surface area contributed by atoms with Crippen LogP contribution in [0.5, 0.6) is 0 Å². The van der Waals surface area contributed by atoms with E-state index in [-0.39, 0.29) is 24.8 Å². The fourth-order valence-electron chi connectivity index (χ4n) is 2.51. The van der Waals surface area contributed by atoms with Gasteiger partial charge in [0.05, 0.1) is 13.1 Å². The zero-order chi connectivity index (χ0) is 17.8. The van der Waals surface area contributed by atoms with Gasteiger partial charge in [-0.2, -0.15) is 4.98 Å². The first-order valence-corrected chi connectivity index (χ1v) is 8.97. The molecule has 5 nitrogen and oxygen atoms in total. The van der Waals surface area contributed by atoms with E-state index in [1.807, 2.05) is 18.2 Å². The van der Waals surface area contributed by atoms with E-state index in [0.29, 0.717) is 29.9 Å². The van der Waals surface area contributed by atoms with Gasteiger partial charge in [-0.3, -0.25) is 4.90 Å². The van der Waals surface area contributed by atoms with Crippen molar-refractivity contribution >= 4 is 23.7 Å².